The summed E-state index contributed by atoms with van der Waals surface area (Å²) in [6.07, 6.45) is 4.68. The maximum absolute atomic E-state index is 11.9. The van der Waals surface area contributed by atoms with Gasteiger partial charge in [-0.15, -0.1) is 0 Å². The van der Waals surface area contributed by atoms with Crippen LogP contribution in [-0.4, -0.2) is 31.9 Å². The highest BCUT2D eigenvalue weighted by molar-refractivity contribution is 5.42. The van der Waals surface area contributed by atoms with E-state index in [1.165, 1.54) is 0 Å². The van der Waals surface area contributed by atoms with Crippen molar-refractivity contribution in [3.8, 4) is 11.5 Å². The number of para-hydroxylation sites is 2. The average molecular weight is 370 g/mol. The highest BCUT2D eigenvalue weighted by Gasteiger charge is 2.40. The van der Waals surface area contributed by atoms with Gasteiger partial charge < -0.3 is 19.9 Å². The number of piperidine rings is 1. The number of hydrogen-bond acceptors (Lipinski definition) is 4. The van der Waals surface area contributed by atoms with Gasteiger partial charge in [0.1, 0.15) is 11.5 Å². The monoisotopic (exact) mass is 369 g/mol. The average Bonchev–Trinajstić information content (AvgIpc) is 2.73. The van der Waals surface area contributed by atoms with Crippen molar-refractivity contribution in [2.24, 2.45) is 5.92 Å². The van der Waals surface area contributed by atoms with Crippen molar-refractivity contribution in [3.05, 3.63) is 60.2 Å². The van der Waals surface area contributed by atoms with Gasteiger partial charge in [0.15, 0.2) is 0 Å². The Balaban J connectivity index is 1.88. The molecule has 0 bridgehead atoms. The molecule has 1 aliphatic rings. The third-order valence-electron chi connectivity index (χ3n) is 5.45. The topological polar surface area (TPSA) is 50.7 Å². The zero-order valence-corrected chi connectivity index (χ0v) is 16.2. The van der Waals surface area contributed by atoms with Crippen LogP contribution >= 0.6 is 0 Å². The molecule has 4 nitrogen and oxygen atoms in total. The highest BCUT2D eigenvalue weighted by atomic mass is 16.5. The van der Waals surface area contributed by atoms with E-state index in [0.717, 1.165) is 62.4 Å². The minimum atomic E-state index is -0.910. The molecule has 0 saturated carbocycles. The van der Waals surface area contributed by atoms with E-state index in [9.17, 15) is 5.11 Å². The number of aliphatic hydroxyl groups is 1. The van der Waals surface area contributed by atoms with Gasteiger partial charge in [-0.2, -0.15) is 0 Å². The number of ether oxygens (including phenoxy) is 2. The molecule has 0 amide bonds. The molecule has 1 saturated heterocycles. The Hall–Kier alpha value is -1.88. The first-order valence-corrected chi connectivity index (χ1v) is 9.98. The third kappa shape index (κ3) is 5.10. The SMILES string of the molecule is COCCCC[C@@](O)(c1ccccc1Oc1ccccc1)C1CCCNC1. The van der Waals surface area contributed by atoms with Crippen LogP contribution in [0.25, 0.3) is 0 Å². The van der Waals surface area contributed by atoms with E-state index in [2.05, 4.69) is 5.32 Å². The number of hydrogen-bond donors (Lipinski definition) is 2. The van der Waals surface area contributed by atoms with Crippen LogP contribution in [-0.2, 0) is 10.3 Å². The van der Waals surface area contributed by atoms with Crippen molar-refractivity contribution in [2.75, 3.05) is 26.8 Å². The van der Waals surface area contributed by atoms with Crippen LogP contribution in [0.2, 0.25) is 0 Å². The number of nitrogens with one attached hydrogen (secondary N) is 1. The minimum Gasteiger partial charge on any atom is -0.457 e. The van der Waals surface area contributed by atoms with Gasteiger partial charge in [-0.25, -0.2) is 0 Å². The van der Waals surface area contributed by atoms with Crippen molar-refractivity contribution in [2.45, 2.75) is 37.7 Å². The lowest BCUT2D eigenvalue weighted by Gasteiger charge is -2.40. The summed E-state index contributed by atoms with van der Waals surface area (Å²) in [5.41, 5.74) is -0.0213. The van der Waals surface area contributed by atoms with Crippen molar-refractivity contribution in [3.63, 3.8) is 0 Å². The molecular formula is C23H31NO3. The fourth-order valence-electron chi connectivity index (χ4n) is 3.99. The first kappa shape index (κ1) is 19.9. The molecular weight excluding hydrogens is 338 g/mol. The van der Waals surface area contributed by atoms with Gasteiger partial charge in [-0.1, -0.05) is 36.4 Å². The summed E-state index contributed by atoms with van der Waals surface area (Å²) in [5.74, 6) is 1.70. The lowest BCUT2D eigenvalue weighted by molar-refractivity contribution is -0.0446. The number of unbranched alkanes of at least 4 members (excludes halogenated alkanes) is 1. The third-order valence-corrected chi connectivity index (χ3v) is 5.45. The number of benzene rings is 2. The van der Waals surface area contributed by atoms with Crippen LogP contribution in [0, 0.1) is 5.92 Å². The standard InChI is InChI=1S/C23H31NO3/c1-26-17-8-7-15-23(25,19-10-9-16-24-18-19)21-13-5-6-14-22(21)27-20-11-3-2-4-12-20/h2-6,11-14,19,24-25H,7-10,15-18H2,1H3/t19?,23-/m0/s1. The predicted molar refractivity (Wildman–Crippen MR) is 108 cm³/mol. The van der Waals surface area contributed by atoms with Crippen molar-refractivity contribution in [1.29, 1.82) is 0 Å². The van der Waals surface area contributed by atoms with Crippen LogP contribution < -0.4 is 10.1 Å². The van der Waals surface area contributed by atoms with Crippen LogP contribution in [0.3, 0.4) is 0 Å². The Morgan fingerprint density at radius 3 is 2.59 bits per heavy atom. The highest BCUT2D eigenvalue weighted by Crippen LogP contribution is 2.43. The molecule has 4 heteroatoms. The molecule has 146 valence electrons. The van der Waals surface area contributed by atoms with E-state index < -0.39 is 5.60 Å². The smallest absolute Gasteiger partial charge is 0.133 e. The molecule has 3 rings (SSSR count). The van der Waals surface area contributed by atoms with E-state index in [1.54, 1.807) is 7.11 Å². The Bertz CT molecular complexity index is 685. The van der Waals surface area contributed by atoms with E-state index in [4.69, 9.17) is 9.47 Å². The number of rotatable bonds is 9. The molecule has 2 aromatic rings. The van der Waals surface area contributed by atoms with Crippen LogP contribution in [0.1, 0.15) is 37.7 Å². The second-order valence-electron chi connectivity index (χ2n) is 7.33. The second-order valence-corrected chi connectivity index (χ2v) is 7.33. The fourth-order valence-corrected chi connectivity index (χ4v) is 3.99. The summed E-state index contributed by atoms with van der Waals surface area (Å²) in [7, 11) is 1.72. The first-order valence-electron chi connectivity index (χ1n) is 9.98. The molecule has 0 aromatic heterocycles. The van der Waals surface area contributed by atoms with Crippen LogP contribution in [0.15, 0.2) is 54.6 Å². The van der Waals surface area contributed by atoms with Gasteiger partial charge in [-0.3, -0.25) is 0 Å². The molecule has 2 atom stereocenters. The minimum absolute atomic E-state index is 0.175. The molecule has 0 spiro atoms. The summed E-state index contributed by atoms with van der Waals surface area (Å²) in [6, 6.07) is 17.7. The molecule has 1 aliphatic heterocycles. The van der Waals surface area contributed by atoms with E-state index in [1.807, 2.05) is 54.6 Å². The van der Waals surface area contributed by atoms with Crippen molar-refractivity contribution < 1.29 is 14.6 Å². The van der Waals surface area contributed by atoms with Crippen LogP contribution in [0.5, 0.6) is 11.5 Å². The van der Waals surface area contributed by atoms with Gasteiger partial charge >= 0.3 is 0 Å². The molecule has 2 N–H and O–H groups in total. The summed E-state index contributed by atoms with van der Waals surface area (Å²) in [5, 5.41) is 15.4. The largest absolute Gasteiger partial charge is 0.457 e. The van der Waals surface area contributed by atoms with Gasteiger partial charge in [0, 0.05) is 31.7 Å². The summed E-state index contributed by atoms with van der Waals surface area (Å²) >= 11 is 0. The Morgan fingerprint density at radius 1 is 1.07 bits per heavy atom. The normalized spacial score (nSPS) is 19.4. The Kier molecular flexibility index (Phi) is 7.27. The van der Waals surface area contributed by atoms with Crippen molar-refractivity contribution >= 4 is 0 Å². The lowest BCUT2D eigenvalue weighted by atomic mass is 9.74. The van der Waals surface area contributed by atoms with E-state index >= 15 is 0 Å². The lowest BCUT2D eigenvalue weighted by Crippen LogP contribution is -2.44. The fraction of sp³-hybridized carbons (Fsp3) is 0.478. The quantitative estimate of drug-likeness (QED) is 0.640. The maximum Gasteiger partial charge on any atom is 0.133 e. The maximum atomic E-state index is 11.9. The molecule has 1 unspecified atom stereocenters. The predicted octanol–water partition coefficient (Wildman–Crippen LogP) is 4.48. The van der Waals surface area contributed by atoms with Crippen LogP contribution in [0.4, 0.5) is 0 Å². The van der Waals surface area contributed by atoms with Gasteiger partial charge in [0.05, 0.1) is 5.60 Å². The molecule has 27 heavy (non-hydrogen) atoms. The Morgan fingerprint density at radius 2 is 1.85 bits per heavy atom. The van der Waals surface area contributed by atoms with E-state index in [-0.39, 0.29) is 5.92 Å². The number of methoxy groups -OCH3 is 1. The molecule has 1 heterocycles. The molecule has 1 fully saturated rings. The van der Waals surface area contributed by atoms with E-state index in [0.29, 0.717) is 6.42 Å². The molecule has 0 aliphatic carbocycles. The Labute approximate surface area is 162 Å². The zero-order valence-electron chi connectivity index (χ0n) is 16.2. The van der Waals surface area contributed by atoms with Gasteiger partial charge in [0.25, 0.3) is 0 Å². The second kappa shape index (κ2) is 9.88. The summed E-state index contributed by atoms with van der Waals surface area (Å²) in [4.78, 5) is 0. The van der Waals surface area contributed by atoms with Crippen molar-refractivity contribution in [1.82, 2.24) is 5.32 Å². The first-order chi connectivity index (χ1) is 13.2. The molecule has 2 aromatic carbocycles. The van der Waals surface area contributed by atoms with Gasteiger partial charge in [-0.05, 0) is 56.8 Å². The summed E-state index contributed by atoms with van der Waals surface area (Å²) < 4.78 is 11.4. The molecule has 0 radical (unpaired) electrons. The van der Waals surface area contributed by atoms with Gasteiger partial charge in [0.2, 0.25) is 0 Å². The zero-order chi connectivity index (χ0) is 19.0. The summed E-state index contributed by atoms with van der Waals surface area (Å²) in [6.45, 7) is 2.58.